The Labute approximate surface area is 120 Å². The number of hydrogen-bond acceptors (Lipinski definition) is 2. The highest BCUT2D eigenvalue weighted by molar-refractivity contribution is 9.10. The van der Waals surface area contributed by atoms with Gasteiger partial charge in [-0.1, -0.05) is 46.6 Å². The second-order valence-electron chi connectivity index (χ2n) is 4.15. The summed E-state index contributed by atoms with van der Waals surface area (Å²) in [5, 5.41) is 11.0. The summed E-state index contributed by atoms with van der Waals surface area (Å²) in [6.45, 7) is 1.95. The summed E-state index contributed by atoms with van der Waals surface area (Å²) >= 11 is 9.32. The van der Waals surface area contributed by atoms with Gasteiger partial charge in [0.1, 0.15) is 0 Å². The monoisotopic (exact) mass is 325 g/mol. The lowest BCUT2D eigenvalue weighted by Gasteiger charge is -2.20. The van der Waals surface area contributed by atoms with Crippen LogP contribution in [0, 0.1) is 0 Å². The lowest BCUT2D eigenvalue weighted by Crippen LogP contribution is -2.09. The number of benzene rings is 1. The molecule has 0 amide bonds. The van der Waals surface area contributed by atoms with Crippen LogP contribution in [0.1, 0.15) is 30.2 Å². The minimum atomic E-state index is -0.619. The molecule has 0 spiro atoms. The zero-order valence-electron chi connectivity index (χ0n) is 9.85. The van der Waals surface area contributed by atoms with Crippen molar-refractivity contribution in [3.63, 3.8) is 0 Å². The normalized spacial score (nSPS) is 14.2. The molecule has 1 heterocycles. The first-order valence-electron chi connectivity index (χ1n) is 5.63. The molecule has 0 saturated heterocycles. The fourth-order valence-electron chi connectivity index (χ4n) is 1.82. The molecule has 0 saturated carbocycles. The van der Waals surface area contributed by atoms with Crippen molar-refractivity contribution in [2.75, 3.05) is 0 Å². The largest absolute Gasteiger partial charge is 0.388 e. The molecule has 0 aliphatic rings. The van der Waals surface area contributed by atoms with E-state index in [1.54, 1.807) is 18.3 Å². The van der Waals surface area contributed by atoms with Gasteiger partial charge < -0.3 is 5.11 Å². The third-order valence-electron chi connectivity index (χ3n) is 2.91. The van der Waals surface area contributed by atoms with E-state index in [4.69, 9.17) is 11.6 Å². The number of pyridine rings is 1. The summed E-state index contributed by atoms with van der Waals surface area (Å²) in [5.74, 6) is -0.0799. The van der Waals surface area contributed by atoms with Crippen molar-refractivity contribution in [2.24, 2.45) is 0 Å². The van der Waals surface area contributed by atoms with Crippen LogP contribution in [-0.4, -0.2) is 10.1 Å². The molecule has 1 aromatic heterocycles. The van der Waals surface area contributed by atoms with Crippen LogP contribution in [0.3, 0.4) is 0 Å². The Bertz CT molecular complexity index is 533. The van der Waals surface area contributed by atoms with Crippen molar-refractivity contribution < 1.29 is 5.11 Å². The summed E-state index contributed by atoms with van der Waals surface area (Å²) in [6.07, 6.45) is 1.11. The molecule has 0 bridgehead atoms. The molecule has 94 valence electrons. The summed E-state index contributed by atoms with van der Waals surface area (Å²) in [4.78, 5) is 4.27. The van der Waals surface area contributed by atoms with E-state index in [1.165, 1.54) is 0 Å². The second kappa shape index (κ2) is 5.83. The van der Waals surface area contributed by atoms with Gasteiger partial charge in [0.05, 0.1) is 6.10 Å². The number of halogens is 2. The number of aliphatic hydroxyl groups excluding tert-OH is 1. The maximum Gasteiger partial charge on any atom is 0.0881 e. The van der Waals surface area contributed by atoms with Gasteiger partial charge in [0.25, 0.3) is 0 Å². The zero-order chi connectivity index (χ0) is 13.1. The van der Waals surface area contributed by atoms with Crippen molar-refractivity contribution in [2.45, 2.75) is 18.9 Å². The molecule has 0 aliphatic carbocycles. The first-order chi connectivity index (χ1) is 8.59. The fourth-order valence-corrected chi connectivity index (χ4v) is 2.74. The molecule has 0 radical (unpaired) electrons. The van der Waals surface area contributed by atoms with Crippen molar-refractivity contribution in [3.05, 3.63) is 63.3 Å². The van der Waals surface area contributed by atoms with Crippen LogP contribution in [0.4, 0.5) is 0 Å². The molecule has 4 heteroatoms. The molecule has 2 rings (SSSR count). The van der Waals surface area contributed by atoms with E-state index in [2.05, 4.69) is 20.9 Å². The molecule has 2 atom stereocenters. The molecular weight excluding hydrogens is 314 g/mol. The molecule has 2 aromatic rings. The van der Waals surface area contributed by atoms with Gasteiger partial charge in [-0.15, -0.1) is 0 Å². The van der Waals surface area contributed by atoms with Crippen LogP contribution in [0.25, 0.3) is 0 Å². The number of hydrogen-bond donors (Lipinski definition) is 1. The molecule has 2 unspecified atom stereocenters. The number of nitrogens with zero attached hydrogens (tertiary/aromatic N) is 1. The van der Waals surface area contributed by atoms with E-state index >= 15 is 0 Å². The summed E-state index contributed by atoms with van der Waals surface area (Å²) < 4.78 is 0.810. The minimum Gasteiger partial charge on any atom is -0.388 e. The minimum absolute atomic E-state index is 0.0799. The molecule has 1 N–H and O–H groups in total. The number of rotatable bonds is 3. The van der Waals surface area contributed by atoms with E-state index < -0.39 is 6.10 Å². The second-order valence-corrected chi connectivity index (χ2v) is 5.44. The van der Waals surface area contributed by atoms with E-state index in [-0.39, 0.29) is 5.92 Å². The fraction of sp³-hybridized carbons (Fsp3) is 0.214. The van der Waals surface area contributed by atoms with Gasteiger partial charge in [0.15, 0.2) is 0 Å². The molecule has 0 fully saturated rings. The Morgan fingerprint density at radius 3 is 2.67 bits per heavy atom. The van der Waals surface area contributed by atoms with E-state index in [0.717, 1.165) is 15.7 Å². The first-order valence-corrected chi connectivity index (χ1v) is 6.80. The summed E-state index contributed by atoms with van der Waals surface area (Å²) in [5.41, 5.74) is 1.68. The van der Waals surface area contributed by atoms with Crippen LogP contribution in [0.5, 0.6) is 0 Å². The highest BCUT2D eigenvalue weighted by atomic mass is 79.9. The Morgan fingerprint density at radius 2 is 2.06 bits per heavy atom. The van der Waals surface area contributed by atoms with E-state index in [0.29, 0.717) is 5.02 Å². The third-order valence-corrected chi connectivity index (χ3v) is 3.83. The Kier molecular flexibility index (Phi) is 4.38. The average molecular weight is 327 g/mol. The predicted octanol–water partition coefficient (Wildman–Crippen LogP) is 4.33. The highest BCUT2D eigenvalue weighted by Crippen LogP contribution is 2.34. The first kappa shape index (κ1) is 13.5. The SMILES string of the molecule is CC(c1ccccn1)C(O)c1ccc(Cl)cc1Br. The standard InChI is InChI=1S/C14H13BrClNO/c1-9(13-4-2-3-7-17-13)14(18)11-6-5-10(16)8-12(11)15/h2-9,14,18H,1H3. The van der Waals surface area contributed by atoms with Crippen molar-refractivity contribution in [3.8, 4) is 0 Å². The highest BCUT2D eigenvalue weighted by Gasteiger charge is 2.21. The van der Waals surface area contributed by atoms with Crippen molar-refractivity contribution in [1.29, 1.82) is 0 Å². The molecule has 2 nitrogen and oxygen atoms in total. The molecule has 0 aliphatic heterocycles. The smallest absolute Gasteiger partial charge is 0.0881 e. The van der Waals surface area contributed by atoms with Crippen LogP contribution >= 0.6 is 27.5 Å². The molecule has 1 aromatic carbocycles. The van der Waals surface area contributed by atoms with Crippen LogP contribution < -0.4 is 0 Å². The summed E-state index contributed by atoms with van der Waals surface area (Å²) in [6, 6.07) is 11.1. The Hall–Kier alpha value is -0.900. The molecular formula is C14H13BrClNO. The van der Waals surface area contributed by atoms with Crippen LogP contribution in [-0.2, 0) is 0 Å². The van der Waals surface area contributed by atoms with Crippen LogP contribution in [0.15, 0.2) is 47.1 Å². The quantitative estimate of drug-likeness (QED) is 0.910. The van der Waals surface area contributed by atoms with E-state index in [1.807, 2.05) is 31.2 Å². The number of aromatic nitrogens is 1. The average Bonchev–Trinajstić information content (AvgIpc) is 2.38. The topological polar surface area (TPSA) is 33.1 Å². The van der Waals surface area contributed by atoms with Crippen molar-refractivity contribution >= 4 is 27.5 Å². The van der Waals surface area contributed by atoms with Gasteiger partial charge in [-0.3, -0.25) is 4.98 Å². The predicted molar refractivity (Wildman–Crippen MR) is 76.8 cm³/mol. The van der Waals surface area contributed by atoms with Crippen LogP contribution in [0.2, 0.25) is 5.02 Å². The van der Waals surface area contributed by atoms with E-state index in [9.17, 15) is 5.11 Å². The van der Waals surface area contributed by atoms with Gasteiger partial charge in [0.2, 0.25) is 0 Å². The lowest BCUT2D eigenvalue weighted by molar-refractivity contribution is 0.149. The van der Waals surface area contributed by atoms with Gasteiger partial charge in [-0.2, -0.15) is 0 Å². The lowest BCUT2D eigenvalue weighted by atomic mass is 9.94. The van der Waals surface area contributed by atoms with Gasteiger partial charge in [-0.25, -0.2) is 0 Å². The van der Waals surface area contributed by atoms with Gasteiger partial charge >= 0.3 is 0 Å². The number of aliphatic hydroxyl groups is 1. The Morgan fingerprint density at radius 1 is 1.28 bits per heavy atom. The third kappa shape index (κ3) is 2.91. The Balaban J connectivity index is 2.28. The molecule has 18 heavy (non-hydrogen) atoms. The van der Waals surface area contributed by atoms with Gasteiger partial charge in [-0.05, 0) is 29.8 Å². The summed E-state index contributed by atoms with van der Waals surface area (Å²) in [7, 11) is 0. The van der Waals surface area contributed by atoms with Crippen molar-refractivity contribution in [1.82, 2.24) is 4.98 Å². The van der Waals surface area contributed by atoms with Gasteiger partial charge in [0, 0.05) is 27.3 Å². The maximum absolute atomic E-state index is 10.4. The zero-order valence-corrected chi connectivity index (χ0v) is 12.2. The maximum atomic E-state index is 10.4.